The molecule has 0 fully saturated rings. The molecule has 0 N–H and O–H groups in total. The molecule has 0 spiro atoms. The minimum absolute atomic E-state index is 0. The number of rotatable bonds is 1. The fraction of sp³-hybridized carbons (Fsp3) is 0.0625. The van der Waals surface area contributed by atoms with Crippen molar-refractivity contribution in [3.05, 3.63) is 54.6 Å². The molecule has 4 rings (SSSR count). The maximum absolute atomic E-state index is 5.91. The first-order valence-corrected chi connectivity index (χ1v) is 6.12. The van der Waals surface area contributed by atoms with Crippen molar-refractivity contribution >= 4 is 11.0 Å². The summed E-state index contributed by atoms with van der Waals surface area (Å²) in [6, 6.07) is 17.8. The third-order valence-corrected chi connectivity index (χ3v) is 3.21. The SMILES string of the molecule is [Cl-].c1ccc2[o+]c(-c3ccc4c(c3)OCO4)ccc2c1. The summed E-state index contributed by atoms with van der Waals surface area (Å²) in [7, 11) is 0. The second-order valence-electron chi connectivity index (χ2n) is 4.41. The molecule has 100 valence electrons. The van der Waals surface area contributed by atoms with Gasteiger partial charge in [-0.2, -0.15) is 0 Å². The normalized spacial score (nSPS) is 12.2. The quantitative estimate of drug-likeness (QED) is 0.628. The van der Waals surface area contributed by atoms with Gasteiger partial charge in [0.2, 0.25) is 6.79 Å². The van der Waals surface area contributed by atoms with E-state index in [1.54, 1.807) is 0 Å². The molecule has 1 aliphatic heterocycles. The van der Waals surface area contributed by atoms with Crippen molar-refractivity contribution in [1.29, 1.82) is 0 Å². The Hall–Kier alpha value is -2.26. The lowest BCUT2D eigenvalue weighted by Crippen LogP contribution is -3.00. The van der Waals surface area contributed by atoms with Gasteiger partial charge in [0, 0.05) is 18.2 Å². The van der Waals surface area contributed by atoms with Crippen LogP contribution in [0.5, 0.6) is 11.5 Å². The van der Waals surface area contributed by atoms with Crippen molar-refractivity contribution < 1.29 is 26.3 Å². The molecule has 0 amide bonds. The smallest absolute Gasteiger partial charge is 0.360 e. The Morgan fingerprint density at radius 2 is 1.70 bits per heavy atom. The Balaban J connectivity index is 0.00000121. The molecule has 1 aromatic heterocycles. The molecule has 1 aliphatic rings. The first kappa shape index (κ1) is 12.8. The molecule has 0 aliphatic carbocycles. The van der Waals surface area contributed by atoms with Gasteiger partial charge in [-0.1, -0.05) is 12.1 Å². The molecular formula is C16H11ClO3. The first-order valence-electron chi connectivity index (χ1n) is 6.12. The van der Waals surface area contributed by atoms with Crippen LogP contribution in [0.1, 0.15) is 0 Å². The van der Waals surface area contributed by atoms with E-state index >= 15 is 0 Å². The van der Waals surface area contributed by atoms with Gasteiger partial charge in [-0.15, -0.1) is 0 Å². The van der Waals surface area contributed by atoms with Gasteiger partial charge in [-0.3, -0.25) is 0 Å². The van der Waals surface area contributed by atoms with Crippen LogP contribution >= 0.6 is 0 Å². The summed E-state index contributed by atoms with van der Waals surface area (Å²) in [6.45, 7) is 0.285. The van der Waals surface area contributed by atoms with Crippen LogP contribution in [-0.4, -0.2) is 6.79 Å². The van der Waals surface area contributed by atoms with Crippen LogP contribution in [0.3, 0.4) is 0 Å². The molecule has 0 radical (unpaired) electrons. The predicted molar refractivity (Wildman–Crippen MR) is 72.2 cm³/mol. The molecule has 20 heavy (non-hydrogen) atoms. The number of ether oxygens (including phenoxy) is 2. The van der Waals surface area contributed by atoms with Crippen molar-refractivity contribution in [2.75, 3.05) is 6.79 Å². The molecule has 0 atom stereocenters. The maximum Gasteiger partial charge on any atom is 0.360 e. The summed E-state index contributed by atoms with van der Waals surface area (Å²) < 4.78 is 16.6. The van der Waals surface area contributed by atoms with Gasteiger partial charge in [-0.25, -0.2) is 4.42 Å². The van der Waals surface area contributed by atoms with E-state index in [1.165, 1.54) is 0 Å². The lowest BCUT2D eigenvalue weighted by molar-refractivity contribution is -0.00000569. The predicted octanol–water partition coefficient (Wildman–Crippen LogP) is 1.11. The summed E-state index contributed by atoms with van der Waals surface area (Å²) in [5, 5.41) is 1.09. The van der Waals surface area contributed by atoms with E-state index < -0.39 is 0 Å². The van der Waals surface area contributed by atoms with Gasteiger partial charge in [0.25, 0.3) is 0 Å². The zero-order chi connectivity index (χ0) is 12.7. The standard InChI is InChI=1S/C16H11O3.ClH/c1-2-4-13-11(3-1)5-7-14(19-13)12-6-8-15-16(9-12)18-10-17-15;/h1-9H,10H2;1H/q+1;/p-1. The fourth-order valence-electron chi connectivity index (χ4n) is 2.23. The van der Waals surface area contributed by atoms with Crippen LogP contribution in [0.25, 0.3) is 22.3 Å². The highest BCUT2D eigenvalue weighted by Crippen LogP contribution is 2.36. The van der Waals surface area contributed by atoms with Crippen LogP contribution in [0.15, 0.2) is 59.0 Å². The fourth-order valence-corrected chi connectivity index (χ4v) is 2.23. The topological polar surface area (TPSA) is 29.8 Å². The summed E-state index contributed by atoms with van der Waals surface area (Å²) >= 11 is 0. The number of hydrogen-bond acceptors (Lipinski definition) is 2. The number of para-hydroxylation sites is 1. The van der Waals surface area contributed by atoms with Crippen LogP contribution in [0.4, 0.5) is 0 Å². The van der Waals surface area contributed by atoms with Crippen LogP contribution in [0.2, 0.25) is 0 Å². The minimum Gasteiger partial charge on any atom is -1.00 e. The van der Waals surface area contributed by atoms with Crippen LogP contribution in [0, 0.1) is 0 Å². The summed E-state index contributed by atoms with van der Waals surface area (Å²) in [5.41, 5.74) is 1.85. The monoisotopic (exact) mass is 286 g/mol. The highest BCUT2D eigenvalue weighted by atomic mass is 35.5. The summed E-state index contributed by atoms with van der Waals surface area (Å²) in [6.07, 6.45) is 0. The van der Waals surface area contributed by atoms with Crippen molar-refractivity contribution in [3.8, 4) is 22.8 Å². The Morgan fingerprint density at radius 3 is 2.65 bits per heavy atom. The molecule has 0 bridgehead atoms. The summed E-state index contributed by atoms with van der Waals surface area (Å²) in [4.78, 5) is 0. The molecule has 3 aromatic rings. The first-order chi connectivity index (χ1) is 9.40. The Morgan fingerprint density at radius 1 is 0.850 bits per heavy atom. The van der Waals surface area contributed by atoms with E-state index in [2.05, 4.69) is 6.07 Å². The van der Waals surface area contributed by atoms with E-state index in [0.717, 1.165) is 33.8 Å². The molecule has 0 unspecified atom stereocenters. The van der Waals surface area contributed by atoms with Crippen molar-refractivity contribution in [2.24, 2.45) is 0 Å². The third kappa shape index (κ3) is 2.06. The number of fused-ring (bicyclic) bond motifs is 2. The molecule has 0 saturated heterocycles. The zero-order valence-corrected chi connectivity index (χ0v) is 11.3. The minimum atomic E-state index is 0. The van der Waals surface area contributed by atoms with Gasteiger partial charge in [-0.05, 0) is 24.3 Å². The average Bonchev–Trinajstić information content (AvgIpc) is 2.94. The largest absolute Gasteiger partial charge is 1.00 e. The number of hydrogen-bond donors (Lipinski definition) is 0. The van der Waals surface area contributed by atoms with E-state index in [4.69, 9.17) is 13.9 Å². The average molecular weight is 287 g/mol. The van der Waals surface area contributed by atoms with Gasteiger partial charge in [0.05, 0.1) is 10.9 Å². The van der Waals surface area contributed by atoms with E-state index in [9.17, 15) is 0 Å². The summed E-state index contributed by atoms with van der Waals surface area (Å²) in [5.74, 6) is 2.36. The second-order valence-corrected chi connectivity index (χ2v) is 4.41. The van der Waals surface area contributed by atoms with Crippen LogP contribution < -0.4 is 21.9 Å². The van der Waals surface area contributed by atoms with Gasteiger partial charge in [0.15, 0.2) is 11.5 Å². The maximum atomic E-state index is 5.91. The molecule has 2 aromatic carbocycles. The van der Waals surface area contributed by atoms with Crippen LogP contribution in [-0.2, 0) is 0 Å². The lowest BCUT2D eigenvalue weighted by Gasteiger charge is -1.97. The molecule has 3 nitrogen and oxygen atoms in total. The highest BCUT2D eigenvalue weighted by molar-refractivity contribution is 5.78. The molecule has 2 heterocycles. The van der Waals surface area contributed by atoms with E-state index in [0.29, 0.717) is 0 Å². The Labute approximate surface area is 122 Å². The van der Waals surface area contributed by atoms with Crippen molar-refractivity contribution in [2.45, 2.75) is 0 Å². The van der Waals surface area contributed by atoms with Crippen molar-refractivity contribution in [1.82, 2.24) is 0 Å². The Bertz CT molecular complexity index is 771. The second kappa shape index (κ2) is 5.02. The molecule has 4 heteroatoms. The molecule has 0 saturated carbocycles. The lowest BCUT2D eigenvalue weighted by atomic mass is 10.1. The molecular weight excluding hydrogens is 276 g/mol. The zero-order valence-electron chi connectivity index (χ0n) is 10.5. The highest BCUT2D eigenvalue weighted by Gasteiger charge is 2.19. The van der Waals surface area contributed by atoms with E-state index in [-0.39, 0.29) is 19.2 Å². The van der Waals surface area contributed by atoms with Gasteiger partial charge >= 0.3 is 11.3 Å². The van der Waals surface area contributed by atoms with Gasteiger partial charge in [0.1, 0.15) is 0 Å². The van der Waals surface area contributed by atoms with Gasteiger partial charge < -0.3 is 21.9 Å². The Kier molecular flexibility index (Phi) is 3.20. The number of halogens is 1. The number of benzene rings is 2. The van der Waals surface area contributed by atoms with Crippen molar-refractivity contribution in [3.63, 3.8) is 0 Å². The third-order valence-electron chi connectivity index (χ3n) is 3.21. The van der Waals surface area contributed by atoms with E-state index in [1.807, 2.05) is 48.5 Å².